The third-order valence-corrected chi connectivity index (χ3v) is 5.53. The lowest BCUT2D eigenvalue weighted by Crippen LogP contribution is -2.41. The van der Waals surface area contributed by atoms with Gasteiger partial charge >= 0.3 is 5.97 Å². The molecule has 1 unspecified atom stereocenters. The van der Waals surface area contributed by atoms with Crippen molar-refractivity contribution in [1.29, 1.82) is 0 Å². The number of sulfonamides is 1. The lowest BCUT2D eigenvalue weighted by molar-refractivity contribution is -0.141. The fourth-order valence-corrected chi connectivity index (χ4v) is 4.12. The number of carbonyl (C=O) groups is 1. The molecule has 0 aliphatic heterocycles. The van der Waals surface area contributed by atoms with Gasteiger partial charge in [0.2, 0.25) is 10.0 Å². The fourth-order valence-electron chi connectivity index (χ4n) is 2.83. The van der Waals surface area contributed by atoms with Gasteiger partial charge in [-0.25, -0.2) is 13.1 Å². The van der Waals surface area contributed by atoms with Crippen molar-refractivity contribution in [3.63, 3.8) is 0 Å². The van der Waals surface area contributed by atoms with Crippen LogP contribution < -0.4 is 15.9 Å². The van der Waals surface area contributed by atoms with Gasteiger partial charge in [-0.05, 0) is 44.4 Å². The maximum atomic E-state index is 12.7. The van der Waals surface area contributed by atoms with Gasteiger partial charge in [0, 0.05) is 23.2 Å². The van der Waals surface area contributed by atoms with Gasteiger partial charge in [0.1, 0.15) is 6.54 Å². The van der Waals surface area contributed by atoms with Gasteiger partial charge in [0.15, 0.2) is 0 Å². The van der Waals surface area contributed by atoms with E-state index in [-0.39, 0.29) is 23.7 Å². The average molecular weight is 395 g/mol. The predicted octanol–water partition coefficient (Wildman–Crippen LogP) is 1.27. The summed E-state index contributed by atoms with van der Waals surface area (Å²) < 4.78 is 32.8. The van der Waals surface area contributed by atoms with E-state index in [1.807, 2.05) is 0 Å². The summed E-state index contributed by atoms with van der Waals surface area (Å²) in [6.45, 7) is 1.83. The van der Waals surface area contributed by atoms with Crippen LogP contribution in [0.4, 0.5) is 5.69 Å². The summed E-state index contributed by atoms with van der Waals surface area (Å²) in [5.41, 5.74) is 8.64. The summed E-state index contributed by atoms with van der Waals surface area (Å²) >= 11 is 0. The number of hydrogen-bond acceptors (Lipinski definition) is 8. The zero-order valence-electron chi connectivity index (χ0n) is 15.0. The second-order valence-corrected chi connectivity index (χ2v) is 7.60. The van der Waals surface area contributed by atoms with Gasteiger partial charge in [-0.3, -0.25) is 9.79 Å². The molecule has 1 atom stereocenters. The van der Waals surface area contributed by atoms with E-state index in [1.54, 1.807) is 12.4 Å². The van der Waals surface area contributed by atoms with Crippen molar-refractivity contribution in [2.24, 2.45) is 10.7 Å². The molecule has 4 N–H and O–H groups in total. The molecule has 0 aromatic heterocycles. The van der Waals surface area contributed by atoms with Crippen molar-refractivity contribution >= 4 is 27.4 Å². The zero-order chi connectivity index (χ0) is 19.9. The molecule has 0 radical (unpaired) electrons. The van der Waals surface area contributed by atoms with Gasteiger partial charge in [-0.1, -0.05) is 6.07 Å². The smallest absolute Gasteiger partial charge is 0.327 e. The quantitative estimate of drug-likeness (QED) is 0.465. The Hall–Kier alpha value is -2.43. The largest absolute Gasteiger partial charge is 0.761 e. The fraction of sp³-hybridized carbons (Fsp3) is 0.412. The molecule has 0 spiro atoms. The highest BCUT2D eigenvalue weighted by atomic mass is 32.2. The molecule has 0 heterocycles. The van der Waals surface area contributed by atoms with Gasteiger partial charge in [0.05, 0.1) is 17.5 Å². The standard InChI is InChI=1S/C17H23N4O5S/c1-2-26-17(22)11-19-15-7-4-8-16(14(15)10-18)21-27(24,25)13-6-3-5-12(9-13)20-23/h3,5-6,9-10,16,20-21H,2,4,7-8,11,18H2,1H3/q-1. The third kappa shape index (κ3) is 5.52. The Labute approximate surface area is 158 Å². The van der Waals surface area contributed by atoms with Crippen molar-refractivity contribution in [2.75, 3.05) is 18.6 Å². The molecule has 1 aromatic carbocycles. The van der Waals surface area contributed by atoms with Crippen LogP contribution >= 0.6 is 0 Å². The van der Waals surface area contributed by atoms with E-state index in [2.05, 4.69) is 9.71 Å². The second-order valence-electron chi connectivity index (χ2n) is 5.89. The van der Waals surface area contributed by atoms with Crippen molar-refractivity contribution < 1.29 is 17.9 Å². The molecule has 1 aromatic rings. The summed E-state index contributed by atoms with van der Waals surface area (Å²) in [7, 11) is -3.87. The maximum absolute atomic E-state index is 12.7. The predicted molar refractivity (Wildman–Crippen MR) is 103 cm³/mol. The number of aliphatic imine (C=N–C) groups is 1. The first-order valence-corrected chi connectivity index (χ1v) is 10.0. The lowest BCUT2D eigenvalue weighted by Gasteiger charge is -2.27. The Bertz CT molecular complexity index is 835. The molecule has 10 heteroatoms. The molecule has 0 bridgehead atoms. The number of ether oxygens (including phenoxy) is 1. The van der Waals surface area contributed by atoms with E-state index in [9.17, 15) is 18.4 Å². The Morgan fingerprint density at radius 1 is 1.48 bits per heavy atom. The van der Waals surface area contributed by atoms with E-state index in [4.69, 9.17) is 10.5 Å². The monoisotopic (exact) mass is 395 g/mol. The van der Waals surface area contributed by atoms with Crippen LogP contribution in [0.1, 0.15) is 26.2 Å². The number of carbonyl (C=O) groups excluding carboxylic acids is 1. The Kier molecular flexibility index (Phi) is 7.34. The number of nitrogens with zero attached hydrogens (tertiary/aromatic N) is 1. The minimum Gasteiger partial charge on any atom is -0.761 e. The molecule has 1 aliphatic rings. The molecule has 0 saturated heterocycles. The number of nitrogens with two attached hydrogens (primary N) is 1. The number of esters is 1. The van der Waals surface area contributed by atoms with Crippen LogP contribution in [0.15, 0.2) is 45.9 Å². The van der Waals surface area contributed by atoms with Gasteiger partial charge < -0.3 is 21.2 Å². The van der Waals surface area contributed by atoms with Crippen molar-refractivity contribution in [3.8, 4) is 0 Å². The maximum Gasteiger partial charge on any atom is 0.327 e. The van der Waals surface area contributed by atoms with Gasteiger partial charge in [0.25, 0.3) is 0 Å². The molecule has 27 heavy (non-hydrogen) atoms. The molecule has 9 nitrogen and oxygen atoms in total. The number of benzene rings is 1. The molecular formula is C17H23N4O5S-. The minimum atomic E-state index is -3.87. The first-order valence-electron chi connectivity index (χ1n) is 8.53. The van der Waals surface area contributed by atoms with E-state index < -0.39 is 22.0 Å². The van der Waals surface area contributed by atoms with Crippen LogP contribution in [0.25, 0.3) is 0 Å². The Morgan fingerprint density at radius 2 is 2.26 bits per heavy atom. The van der Waals surface area contributed by atoms with Crippen LogP contribution in [-0.4, -0.2) is 39.3 Å². The summed E-state index contributed by atoms with van der Waals surface area (Å²) in [6, 6.07) is 5.02. The first-order chi connectivity index (χ1) is 12.9. The van der Waals surface area contributed by atoms with Crippen molar-refractivity contribution in [3.05, 3.63) is 41.2 Å². The van der Waals surface area contributed by atoms with E-state index in [0.717, 1.165) is 0 Å². The first kappa shape index (κ1) is 20.9. The highest BCUT2D eigenvalue weighted by Crippen LogP contribution is 2.24. The molecule has 148 valence electrons. The average Bonchev–Trinajstić information content (AvgIpc) is 2.66. The highest BCUT2D eigenvalue weighted by molar-refractivity contribution is 7.89. The summed E-state index contributed by atoms with van der Waals surface area (Å²) in [6.07, 6.45) is 3.14. The molecule has 1 fully saturated rings. The van der Waals surface area contributed by atoms with Gasteiger partial charge in [-0.15, -0.1) is 0 Å². The zero-order valence-corrected chi connectivity index (χ0v) is 15.8. The number of rotatable bonds is 7. The van der Waals surface area contributed by atoms with Gasteiger partial charge in [-0.2, -0.15) is 0 Å². The van der Waals surface area contributed by atoms with E-state index in [0.29, 0.717) is 30.5 Å². The third-order valence-electron chi connectivity index (χ3n) is 4.06. The minimum absolute atomic E-state index is 0.0321. The number of hydrogen-bond donors (Lipinski definition) is 3. The SMILES string of the molecule is CCOC(=O)CN=C1CCCC(NS(=O)(=O)c2cccc(N[O-])c2)C1=CN. The van der Waals surface area contributed by atoms with Crippen molar-refractivity contribution in [2.45, 2.75) is 37.1 Å². The summed E-state index contributed by atoms with van der Waals surface area (Å²) in [5.74, 6) is -0.453. The lowest BCUT2D eigenvalue weighted by atomic mass is 9.89. The topological polar surface area (TPSA) is 146 Å². The molecule has 0 amide bonds. The van der Waals surface area contributed by atoms with Crippen LogP contribution in [0, 0.1) is 5.21 Å². The van der Waals surface area contributed by atoms with Crippen LogP contribution in [-0.2, 0) is 19.6 Å². The highest BCUT2D eigenvalue weighted by Gasteiger charge is 2.28. The number of anilines is 1. The van der Waals surface area contributed by atoms with E-state index in [1.165, 1.54) is 30.5 Å². The van der Waals surface area contributed by atoms with Crippen LogP contribution in [0.2, 0.25) is 0 Å². The van der Waals surface area contributed by atoms with E-state index >= 15 is 0 Å². The Morgan fingerprint density at radius 3 is 2.93 bits per heavy atom. The van der Waals surface area contributed by atoms with Crippen molar-refractivity contribution in [1.82, 2.24) is 4.72 Å². The van der Waals surface area contributed by atoms with Crippen LogP contribution in [0.5, 0.6) is 0 Å². The molecule has 1 saturated carbocycles. The number of nitrogens with one attached hydrogen (secondary N) is 2. The summed E-state index contributed by atoms with van der Waals surface area (Å²) in [5, 5.41) is 10.8. The second kappa shape index (κ2) is 9.49. The Balaban J connectivity index is 2.19. The normalized spacial score (nSPS) is 20.6. The summed E-state index contributed by atoms with van der Waals surface area (Å²) in [4.78, 5) is 15.7. The van der Waals surface area contributed by atoms with Crippen LogP contribution in [0.3, 0.4) is 0 Å². The molecule has 2 rings (SSSR count). The molecular weight excluding hydrogens is 372 g/mol. The molecule has 1 aliphatic carbocycles.